The van der Waals surface area contributed by atoms with Crippen LogP contribution in [-0.4, -0.2) is 21.3 Å². The van der Waals surface area contributed by atoms with E-state index in [9.17, 15) is 0 Å². The van der Waals surface area contributed by atoms with Crippen LogP contribution < -0.4 is 14.8 Å². The first kappa shape index (κ1) is 14.4. The molecule has 0 spiro atoms. The van der Waals surface area contributed by atoms with Crippen LogP contribution in [0.15, 0.2) is 42.5 Å². The lowest BCUT2D eigenvalue weighted by molar-refractivity contribution is 0.349. The van der Waals surface area contributed by atoms with E-state index < -0.39 is 0 Å². The van der Waals surface area contributed by atoms with Crippen LogP contribution in [0.2, 0.25) is 0 Å². The van der Waals surface area contributed by atoms with E-state index in [4.69, 9.17) is 9.47 Å². The summed E-state index contributed by atoms with van der Waals surface area (Å²) in [6, 6.07) is 14.5. The summed E-state index contributed by atoms with van der Waals surface area (Å²) in [5, 5.41) is 3.35. The molecule has 2 aromatic carbocycles. The maximum Gasteiger partial charge on any atom is 0.165 e. The number of hydrogen-bond acceptors (Lipinski definition) is 3. The van der Waals surface area contributed by atoms with Crippen LogP contribution >= 0.6 is 0 Å². The first-order chi connectivity index (χ1) is 9.71. The molecular weight excluding hydrogens is 250 g/mol. The van der Waals surface area contributed by atoms with Gasteiger partial charge in [-0.1, -0.05) is 42.0 Å². The van der Waals surface area contributed by atoms with Gasteiger partial charge in [-0.2, -0.15) is 0 Å². The Kier molecular flexibility index (Phi) is 4.64. The molecule has 0 saturated carbocycles. The van der Waals surface area contributed by atoms with Gasteiger partial charge in [0.05, 0.1) is 20.3 Å². The van der Waals surface area contributed by atoms with Crippen molar-refractivity contribution in [2.45, 2.75) is 13.0 Å². The molecule has 106 valence electrons. The highest BCUT2D eigenvalue weighted by atomic mass is 16.5. The third-order valence-electron chi connectivity index (χ3n) is 3.41. The molecule has 0 aliphatic heterocycles. The lowest BCUT2D eigenvalue weighted by atomic mass is 9.96. The molecule has 20 heavy (non-hydrogen) atoms. The highest BCUT2D eigenvalue weighted by molar-refractivity contribution is 5.50. The topological polar surface area (TPSA) is 30.5 Å². The summed E-state index contributed by atoms with van der Waals surface area (Å²) in [4.78, 5) is 0. The Balaban J connectivity index is 2.52. The first-order valence-electron chi connectivity index (χ1n) is 6.66. The zero-order valence-corrected chi connectivity index (χ0v) is 12.4. The summed E-state index contributed by atoms with van der Waals surface area (Å²) >= 11 is 0. The van der Waals surface area contributed by atoms with Crippen LogP contribution in [0.25, 0.3) is 0 Å². The standard InChI is InChI=1S/C17H21NO2/c1-12-7-5-8-13(11-12)16(18-2)14-9-6-10-15(19-3)17(14)20-4/h5-11,16,18H,1-4H3. The normalized spacial score (nSPS) is 12.0. The van der Waals surface area contributed by atoms with Gasteiger partial charge in [-0.3, -0.25) is 0 Å². The van der Waals surface area contributed by atoms with Gasteiger partial charge in [0.1, 0.15) is 0 Å². The monoisotopic (exact) mass is 271 g/mol. The molecule has 0 aliphatic rings. The molecule has 0 aliphatic carbocycles. The van der Waals surface area contributed by atoms with E-state index in [0.717, 1.165) is 17.1 Å². The molecule has 0 aromatic heterocycles. The molecule has 0 heterocycles. The zero-order valence-electron chi connectivity index (χ0n) is 12.4. The summed E-state index contributed by atoms with van der Waals surface area (Å²) in [7, 11) is 5.28. The minimum Gasteiger partial charge on any atom is -0.493 e. The minimum absolute atomic E-state index is 0.0694. The predicted molar refractivity (Wildman–Crippen MR) is 81.6 cm³/mol. The van der Waals surface area contributed by atoms with Crippen molar-refractivity contribution in [1.82, 2.24) is 5.32 Å². The van der Waals surface area contributed by atoms with Gasteiger partial charge < -0.3 is 14.8 Å². The van der Waals surface area contributed by atoms with Crippen molar-refractivity contribution >= 4 is 0 Å². The third kappa shape index (κ3) is 2.78. The van der Waals surface area contributed by atoms with Crippen molar-refractivity contribution in [2.24, 2.45) is 0 Å². The molecule has 2 aromatic rings. The lowest BCUT2D eigenvalue weighted by Crippen LogP contribution is -2.18. The molecule has 2 rings (SSSR count). The number of rotatable bonds is 5. The zero-order chi connectivity index (χ0) is 14.5. The molecule has 3 nitrogen and oxygen atoms in total. The Morgan fingerprint density at radius 3 is 2.35 bits per heavy atom. The second kappa shape index (κ2) is 6.44. The van der Waals surface area contributed by atoms with Crippen molar-refractivity contribution in [2.75, 3.05) is 21.3 Å². The molecule has 1 atom stereocenters. The van der Waals surface area contributed by atoms with Crippen molar-refractivity contribution in [3.05, 3.63) is 59.2 Å². The number of aryl methyl sites for hydroxylation is 1. The molecule has 0 amide bonds. The summed E-state index contributed by atoms with van der Waals surface area (Å²) in [6.45, 7) is 2.10. The van der Waals surface area contributed by atoms with Crippen molar-refractivity contribution < 1.29 is 9.47 Å². The number of ether oxygens (including phenoxy) is 2. The minimum atomic E-state index is 0.0694. The second-order valence-electron chi connectivity index (χ2n) is 4.72. The van der Waals surface area contributed by atoms with Crippen LogP contribution in [0.5, 0.6) is 11.5 Å². The fourth-order valence-electron chi connectivity index (χ4n) is 2.49. The average Bonchev–Trinajstić information content (AvgIpc) is 2.47. The highest BCUT2D eigenvalue weighted by Gasteiger charge is 2.19. The van der Waals surface area contributed by atoms with E-state index in [1.807, 2.05) is 19.2 Å². The number of methoxy groups -OCH3 is 2. The van der Waals surface area contributed by atoms with Crippen LogP contribution in [0.1, 0.15) is 22.7 Å². The van der Waals surface area contributed by atoms with E-state index >= 15 is 0 Å². The summed E-state index contributed by atoms with van der Waals surface area (Å²) in [5.41, 5.74) is 3.52. The fourth-order valence-corrected chi connectivity index (χ4v) is 2.49. The summed E-state index contributed by atoms with van der Waals surface area (Å²) < 4.78 is 10.9. The SMILES string of the molecule is CNC(c1cccc(C)c1)c1cccc(OC)c1OC. The van der Waals surface area contributed by atoms with Crippen LogP contribution in [0.4, 0.5) is 0 Å². The van der Waals surface area contributed by atoms with Gasteiger partial charge in [-0.25, -0.2) is 0 Å². The maximum absolute atomic E-state index is 5.54. The molecular formula is C17H21NO2. The Morgan fingerprint density at radius 2 is 1.75 bits per heavy atom. The number of hydrogen-bond donors (Lipinski definition) is 1. The van der Waals surface area contributed by atoms with E-state index in [2.05, 4.69) is 42.6 Å². The average molecular weight is 271 g/mol. The van der Waals surface area contributed by atoms with E-state index in [1.165, 1.54) is 11.1 Å². The van der Waals surface area contributed by atoms with Crippen molar-refractivity contribution in [3.8, 4) is 11.5 Å². The number of nitrogens with one attached hydrogen (secondary N) is 1. The number of benzene rings is 2. The molecule has 3 heteroatoms. The first-order valence-corrected chi connectivity index (χ1v) is 6.66. The molecule has 1 N–H and O–H groups in total. The predicted octanol–water partition coefficient (Wildman–Crippen LogP) is 3.32. The Bertz CT molecular complexity index is 581. The highest BCUT2D eigenvalue weighted by Crippen LogP contribution is 2.37. The van der Waals surface area contributed by atoms with Gasteiger partial charge in [0, 0.05) is 5.56 Å². The smallest absolute Gasteiger partial charge is 0.165 e. The van der Waals surface area contributed by atoms with E-state index in [1.54, 1.807) is 14.2 Å². The van der Waals surface area contributed by atoms with Crippen LogP contribution in [-0.2, 0) is 0 Å². The van der Waals surface area contributed by atoms with Crippen molar-refractivity contribution in [3.63, 3.8) is 0 Å². The molecule has 0 fully saturated rings. The van der Waals surface area contributed by atoms with Gasteiger partial charge >= 0.3 is 0 Å². The molecule has 0 bridgehead atoms. The van der Waals surface area contributed by atoms with Gasteiger partial charge in [-0.15, -0.1) is 0 Å². The molecule has 0 saturated heterocycles. The summed E-state index contributed by atoms with van der Waals surface area (Å²) in [5.74, 6) is 1.52. The largest absolute Gasteiger partial charge is 0.493 e. The number of para-hydroxylation sites is 1. The Morgan fingerprint density at radius 1 is 1.00 bits per heavy atom. The van der Waals surface area contributed by atoms with Crippen LogP contribution in [0, 0.1) is 6.92 Å². The fraction of sp³-hybridized carbons (Fsp3) is 0.294. The maximum atomic E-state index is 5.54. The lowest BCUT2D eigenvalue weighted by Gasteiger charge is -2.21. The van der Waals surface area contributed by atoms with Gasteiger partial charge in [0.2, 0.25) is 0 Å². The quantitative estimate of drug-likeness (QED) is 0.905. The van der Waals surface area contributed by atoms with E-state index in [0.29, 0.717) is 0 Å². The van der Waals surface area contributed by atoms with Gasteiger partial charge in [0.25, 0.3) is 0 Å². The molecule has 1 unspecified atom stereocenters. The van der Waals surface area contributed by atoms with E-state index in [-0.39, 0.29) is 6.04 Å². The van der Waals surface area contributed by atoms with Gasteiger partial charge in [-0.05, 0) is 25.6 Å². The van der Waals surface area contributed by atoms with Crippen LogP contribution in [0.3, 0.4) is 0 Å². The van der Waals surface area contributed by atoms with Gasteiger partial charge in [0.15, 0.2) is 11.5 Å². The Labute approximate surface area is 120 Å². The van der Waals surface area contributed by atoms with Crippen molar-refractivity contribution in [1.29, 1.82) is 0 Å². The molecule has 0 radical (unpaired) electrons. The Hall–Kier alpha value is -2.00. The third-order valence-corrected chi connectivity index (χ3v) is 3.41. The second-order valence-corrected chi connectivity index (χ2v) is 4.72. The summed E-state index contributed by atoms with van der Waals surface area (Å²) in [6.07, 6.45) is 0.